The maximum atomic E-state index is 10.2. The van der Waals surface area contributed by atoms with Crippen LogP contribution in [-0.2, 0) is 19.4 Å². The molecule has 0 heterocycles. The summed E-state index contributed by atoms with van der Waals surface area (Å²) in [5.41, 5.74) is 0. The molecule has 8 nitrogen and oxygen atoms in total. The van der Waals surface area contributed by atoms with Gasteiger partial charge in [0.1, 0.15) is 6.42 Å². The Morgan fingerprint density at radius 1 is 1.17 bits per heavy atom. The minimum atomic E-state index is -2.97. The van der Waals surface area contributed by atoms with E-state index in [9.17, 15) is 9.59 Å². The van der Waals surface area contributed by atoms with E-state index in [2.05, 4.69) is 9.78 Å². The van der Waals surface area contributed by atoms with E-state index in [1.807, 2.05) is 0 Å². The monoisotopic (exact) mass is 182 g/mol. The second-order valence-corrected chi connectivity index (χ2v) is 1.81. The highest BCUT2D eigenvalue weighted by Gasteiger charge is 2.45. The molecule has 0 spiro atoms. The smallest absolute Gasteiger partial charge is 0.370 e. The van der Waals surface area contributed by atoms with Gasteiger partial charge >= 0.3 is 17.7 Å². The van der Waals surface area contributed by atoms with Crippen molar-refractivity contribution in [2.45, 2.75) is 12.2 Å². The Morgan fingerprint density at radius 3 is 1.67 bits per heavy atom. The highest BCUT2D eigenvalue weighted by Crippen LogP contribution is 2.15. The standard InChI is InChI=1S/C4H6O8/c5-2(6)1-4(11-9,12-10)3(7)8/h9-10H,1H2,(H,5,6)(H,7,8). The van der Waals surface area contributed by atoms with E-state index in [1.54, 1.807) is 0 Å². The highest BCUT2D eigenvalue weighted by atomic mass is 17.2. The normalized spacial score (nSPS) is 11.2. The van der Waals surface area contributed by atoms with Crippen LogP contribution in [0.15, 0.2) is 0 Å². The molecule has 8 heteroatoms. The summed E-state index contributed by atoms with van der Waals surface area (Å²) in [6, 6.07) is 0. The van der Waals surface area contributed by atoms with Crippen LogP contribution in [0.25, 0.3) is 0 Å². The van der Waals surface area contributed by atoms with Crippen LogP contribution >= 0.6 is 0 Å². The van der Waals surface area contributed by atoms with Gasteiger partial charge in [0.15, 0.2) is 0 Å². The lowest BCUT2D eigenvalue weighted by atomic mass is 10.2. The molecule has 0 aromatic carbocycles. The maximum absolute atomic E-state index is 10.2. The number of hydrogen-bond acceptors (Lipinski definition) is 6. The van der Waals surface area contributed by atoms with Crippen LogP contribution in [0, 0.1) is 0 Å². The van der Waals surface area contributed by atoms with Gasteiger partial charge in [-0.2, -0.15) is 9.78 Å². The summed E-state index contributed by atoms with van der Waals surface area (Å²) < 4.78 is 0. The van der Waals surface area contributed by atoms with Crippen molar-refractivity contribution in [1.82, 2.24) is 0 Å². The molecule has 4 N–H and O–H groups in total. The lowest BCUT2D eigenvalue weighted by Crippen LogP contribution is -2.44. The Balaban J connectivity index is 4.58. The summed E-state index contributed by atoms with van der Waals surface area (Å²) in [5, 5.41) is 32.3. The third kappa shape index (κ3) is 2.13. The van der Waals surface area contributed by atoms with Gasteiger partial charge in [0.2, 0.25) is 0 Å². The SMILES string of the molecule is O=C(O)CC(OO)(OO)C(=O)O. The van der Waals surface area contributed by atoms with Crippen LogP contribution in [0.2, 0.25) is 0 Å². The molecule has 12 heavy (non-hydrogen) atoms. The molecule has 0 aliphatic heterocycles. The Kier molecular flexibility index (Phi) is 3.57. The third-order valence-electron chi connectivity index (χ3n) is 1.00. The second kappa shape index (κ2) is 3.97. The molecule has 0 unspecified atom stereocenters. The van der Waals surface area contributed by atoms with Gasteiger partial charge in [-0.05, 0) is 0 Å². The predicted octanol–water partition coefficient (Wildman–Crippen LogP) is -0.779. The fourth-order valence-electron chi connectivity index (χ4n) is 0.434. The molecule has 0 saturated carbocycles. The summed E-state index contributed by atoms with van der Waals surface area (Å²) in [7, 11) is 0. The van der Waals surface area contributed by atoms with Gasteiger partial charge in [0.25, 0.3) is 0 Å². The number of carboxylic acid groups (broad SMARTS) is 2. The largest absolute Gasteiger partial charge is 0.481 e. The van der Waals surface area contributed by atoms with E-state index in [-0.39, 0.29) is 0 Å². The first-order valence-electron chi connectivity index (χ1n) is 2.59. The first-order chi connectivity index (χ1) is 5.48. The van der Waals surface area contributed by atoms with Gasteiger partial charge < -0.3 is 10.2 Å². The summed E-state index contributed by atoms with van der Waals surface area (Å²) in [4.78, 5) is 26.6. The molecule has 0 aliphatic carbocycles. The summed E-state index contributed by atoms with van der Waals surface area (Å²) >= 11 is 0. The Labute approximate surface area is 65.4 Å². The third-order valence-corrected chi connectivity index (χ3v) is 1.00. The molecule has 0 rings (SSSR count). The van der Waals surface area contributed by atoms with E-state index in [1.165, 1.54) is 0 Å². The number of hydrogen-bond donors (Lipinski definition) is 4. The molecule has 0 saturated heterocycles. The van der Waals surface area contributed by atoms with Crippen molar-refractivity contribution in [2.24, 2.45) is 0 Å². The predicted molar refractivity (Wildman–Crippen MR) is 30.0 cm³/mol. The van der Waals surface area contributed by atoms with Crippen molar-refractivity contribution < 1.29 is 40.1 Å². The topological polar surface area (TPSA) is 134 Å². The zero-order chi connectivity index (χ0) is 9.78. The molecule has 0 radical (unpaired) electrons. The van der Waals surface area contributed by atoms with Gasteiger partial charge in [-0.3, -0.25) is 4.79 Å². The van der Waals surface area contributed by atoms with Crippen LogP contribution in [0.5, 0.6) is 0 Å². The molecular weight excluding hydrogens is 176 g/mol. The van der Waals surface area contributed by atoms with Crippen LogP contribution in [0.4, 0.5) is 0 Å². The average Bonchev–Trinajstić information content (AvgIpc) is 1.99. The van der Waals surface area contributed by atoms with Gasteiger partial charge in [-0.15, -0.1) is 0 Å². The Hall–Kier alpha value is -1.22. The van der Waals surface area contributed by atoms with E-state index >= 15 is 0 Å². The zero-order valence-corrected chi connectivity index (χ0v) is 5.63. The summed E-state index contributed by atoms with van der Waals surface area (Å²) in [5.74, 6) is -6.55. The molecule has 70 valence electrons. The number of carbonyl (C=O) groups is 2. The lowest BCUT2D eigenvalue weighted by molar-refractivity contribution is -0.469. The Morgan fingerprint density at radius 2 is 1.58 bits per heavy atom. The number of carboxylic acids is 2. The molecule has 0 atom stereocenters. The Bertz CT molecular complexity index is 181. The van der Waals surface area contributed by atoms with Crippen LogP contribution < -0.4 is 0 Å². The molecule has 0 aromatic heterocycles. The van der Waals surface area contributed by atoms with Crippen molar-refractivity contribution in [1.29, 1.82) is 0 Å². The van der Waals surface area contributed by atoms with Crippen LogP contribution in [-0.4, -0.2) is 38.5 Å². The minimum Gasteiger partial charge on any atom is -0.481 e. The second-order valence-electron chi connectivity index (χ2n) is 1.81. The fourth-order valence-corrected chi connectivity index (χ4v) is 0.434. The highest BCUT2D eigenvalue weighted by molar-refractivity contribution is 5.82. The van der Waals surface area contributed by atoms with Crippen molar-refractivity contribution in [2.75, 3.05) is 0 Å². The first-order valence-corrected chi connectivity index (χ1v) is 2.59. The summed E-state index contributed by atoms with van der Waals surface area (Å²) in [6.07, 6.45) is -1.24. The molecular formula is C4H6O8. The lowest BCUT2D eigenvalue weighted by Gasteiger charge is -2.18. The van der Waals surface area contributed by atoms with Gasteiger partial charge in [0.05, 0.1) is 0 Å². The molecule has 0 fully saturated rings. The average molecular weight is 182 g/mol. The maximum Gasteiger partial charge on any atom is 0.370 e. The number of rotatable bonds is 5. The van der Waals surface area contributed by atoms with Gasteiger partial charge in [0, 0.05) is 0 Å². The minimum absolute atomic E-state index is 1.24. The van der Waals surface area contributed by atoms with Crippen molar-refractivity contribution in [3.05, 3.63) is 0 Å². The van der Waals surface area contributed by atoms with Crippen molar-refractivity contribution >= 4 is 11.9 Å². The number of aliphatic carboxylic acids is 2. The summed E-state index contributed by atoms with van der Waals surface area (Å²) in [6.45, 7) is 0. The molecule has 0 aliphatic rings. The fraction of sp³-hybridized carbons (Fsp3) is 0.500. The first kappa shape index (κ1) is 10.8. The van der Waals surface area contributed by atoms with Crippen molar-refractivity contribution in [3.8, 4) is 0 Å². The van der Waals surface area contributed by atoms with Gasteiger partial charge in [-0.25, -0.2) is 15.3 Å². The van der Waals surface area contributed by atoms with E-state index < -0.39 is 24.1 Å². The quantitative estimate of drug-likeness (QED) is 0.247. The van der Waals surface area contributed by atoms with E-state index in [0.717, 1.165) is 0 Å². The van der Waals surface area contributed by atoms with E-state index in [4.69, 9.17) is 20.7 Å². The van der Waals surface area contributed by atoms with Crippen molar-refractivity contribution in [3.63, 3.8) is 0 Å². The molecule has 0 bridgehead atoms. The molecule has 0 aromatic rings. The van der Waals surface area contributed by atoms with Crippen LogP contribution in [0.3, 0.4) is 0 Å². The zero-order valence-electron chi connectivity index (χ0n) is 5.63. The molecule has 0 amide bonds. The van der Waals surface area contributed by atoms with Crippen LogP contribution in [0.1, 0.15) is 6.42 Å². The van der Waals surface area contributed by atoms with Gasteiger partial charge in [-0.1, -0.05) is 0 Å². The van der Waals surface area contributed by atoms with E-state index in [0.29, 0.717) is 0 Å².